The fraction of sp³-hybridized carbons (Fsp3) is 0.440. The first-order valence-electron chi connectivity index (χ1n) is 12.4. The molecular weight excluding hydrogens is 537 g/mol. The number of carbonyl (C=O) groups excluding carboxylic acids is 2. The molecule has 0 atom stereocenters. The molecule has 0 saturated carbocycles. The molecule has 1 aliphatic heterocycles. The van der Waals surface area contributed by atoms with Crippen molar-refractivity contribution in [3.8, 4) is 5.69 Å². The molecule has 1 aliphatic rings. The summed E-state index contributed by atoms with van der Waals surface area (Å²) in [5, 5.41) is 5.99. The number of piperidine rings is 1. The predicted molar refractivity (Wildman–Crippen MR) is 135 cm³/mol. The van der Waals surface area contributed by atoms with Gasteiger partial charge < -0.3 is 9.88 Å². The zero-order valence-corrected chi connectivity index (χ0v) is 22.3. The molecule has 1 fully saturated rings. The standard InChI is InChI=1S/C25H29F3N6O4S/c1-17-30-22(16-32(17)2)39(37,38)33-13-10-18(11-14-33)21(35)9-6-12-29-24(36)20-15-34(19-7-4-3-5-8-19)31-23(20)25(26,27)28/h3-5,7-8,15-16,18H,6,9-14H2,1-2H3,(H,29,36). The number of alkyl halides is 3. The minimum absolute atomic E-state index is 0.00460. The van der Waals surface area contributed by atoms with Gasteiger partial charge in [0.2, 0.25) is 0 Å². The summed E-state index contributed by atoms with van der Waals surface area (Å²) < 4.78 is 70.2. The van der Waals surface area contributed by atoms with Crippen molar-refractivity contribution in [1.29, 1.82) is 0 Å². The number of aryl methyl sites for hydroxylation is 2. The molecular formula is C25H29F3N6O4S. The van der Waals surface area contributed by atoms with Crippen molar-refractivity contribution < 1.29 is 31.2 Å². The van der Waals surface area contributed by atoms with Crippen LogP contribution in [-0.2, 0) is 28.0 Å². The Balaban J connectivity index is 1.27. The Hall–Kier alpha value is -3.52. The molecule has 0 unspecified atom stereocenters. The fourth-order valence-electron chi connectivity index (χ4n) is 4.43. The van der Waals surface area contributed by atoms with Gasteiger partial charge in [0.15, 0.2) is 10.7 Å². The van der Waals surface area contributed by atoms with Gasteiger partial charge in [-0.25, -0.2) is 18.1 Å². The van der Waals surface area contributed by atoms with Crippen molar-refractivity contribution in [1.82, 2.24) is 29.0 Å². The number of aromatic nitrogens is 4. The molecule has 1 N–H and O–H groups in total. The van der Waals surface area contributed by atoms with Crippen molar-refractivity contribution in [2.45, 2.75) is 43.8 Å². The smallest absolute Gasteiger partial charge is 0.352 e. The number of hydrogen-bond acceptors (Lipinski definition) is 6. The van der Waals surface area contributed by atoms with Gasteiger partial charge in [0.1, 0.15) is 11.6 Å². The molecule has 4 rings (SSSR count). The number of hydrogen-bond donors (Lipinski definition) is 1. The topological polar surface area (TPSA) is 119 Å². The summed E-state index contributed by atoms with van der Waals surface area (Å²) in [7, 11) is -2.03. The third-order valence-corrected chi connectivity index (χ3v) is 8.50. The van der Waals surface area contributed by atoms with Gasteiger partial charge in [-0.3, -0.25) is 9.59 Å². The molecule has 1 saturated heterocycles. The van der Waals surface area contributed by atoms with Gasteiger partial charge in [-0.05, 0) is 38.3 Å². The molecule has 10 nitrogen and oxygen atoms in total. The van der Waals surface area contributed by atoms with Crippen LogP contribution in [0.15, 0.2) is 47.8 Å². The molecule has 0 radical (unpaired) electrons. The third-order valence-electron chi connectivity index (χ3n) is 6.73. The maximum atomic E-state index is 13.5. The van der Waals surface area contributed by atoms with E-state index in [9.17, 15) is 31.2 Å². The van der Waals surface area contributed by atoms with Crippen LogP contribution in [-0.4, -0.2) is 63.4 Å². The van der Waals surface area contributed by atoms with E-state index in [4.69, 9.17) is 0 Å². The van der Waals surface area contributed by atoms with Crippen molar-refractivity contribution in [2.24, 2.45) is 13.0 Å². The number of Topliss-reactive ketones (excluding diaryl/α,β-unsaturated/α-hetero) is 1. The molecule has 2 aromatic heterocycles. The highest BCUT2D eigenvalue weighted by molar-refractivity contribution is 7.89. The van der Waals surface area contributed by atoms with E-state index >= 15 is 0 Å². The van der Waals surface area contributed by atoms with Crippen LogP contribution in [0.5, 0.6) is 0 Å². The molecule has 0 aliphatic carbocycles. The van der Waals surface area contributed by atoms with Crippen LogP contribution < -0.4 is 5.32 Å². The Morgan fingerprint density at radius 3 is 2.36 bits per heavy atom. The second kappa shape index (κ2) is 11.3. The molecule has 14 heteroatoms. The number of sulfonamides is 1. The Kier molecular flexibility index (Phi) is 8.25. The highest BCUT2D eigenvalue weighted by Gasteiger charge is 2.39. The van der Waals surface area contributed by atoms with Gasteiger partial charge in [-0.2, -0.15) is 22.6 Å². The van der Waals surface area contributed by atoms with Crippen LogP contribution in [0.4, 0.5) is 13.2 Å². The monoisotopic (exact) mass is 566 g/mol. The molecule has 39 heavy (non-hydrogen) atoms. The lowest BCUT2D eigenvalue weighted by atomic mass is 9.91. The van der Waals surface area contributed by atoms with E-state index in [2.05, 4.69) is 15.4 Å². The average Bonchev–Trinajstić information content (AvgIpc) is 3.51. The lowest BCUT2D eigenvalue weighted by Gasteiger charge is -2.29. The maximum Gasteiger partial charge on any atom is 0.435 e. The number of nitrogens with zero attached hydrogens (tertiary/aromatic N) is 5. The summed E-state index contributed by atoms with van der Waals surface area (Å²) >= 11 is 0. The van der Waals surface area contributed by atoms with Gasteiger partial charge in [-0.15, -0.1) is 0 Å². The zero-order chi connectivity index (χ0) is 28.4. The lowest BCUT2D eigenvalue weighted by molar-refractivity contribution is -0.141. The van der Waals surface area contributed by atoms with Crippen molar-refractivity contribution in [3.05, 3.63) is 59.8 Å². The quantitative estimate of drug-likeness (QED) is 0.398. The van der Waals surface area contributed by atoms with Crippen molar-refractivity contribution >= 4 is 21.7 Å². The molecule has 0 spiro atoms. The van der Waals surface area contributed by atoms with Gasteiger partial charge in [0.25, 0.3) is 15.9 Å². The minimum Gasteiger partial charge on any atom is -0.352 e. The highest BCUT2D eigenvalue weighted by Crippen LogP contribution is 2.31. The second-order valence-electron chi connectivity index (χ2n) is 9.41. The van der Waals surface area contributed by atoms with Crippen molar-refractivity contribution in [2.75, 3.05) is 19.6 Å². The van der Waals surface area contributed by atoms with E-state index in [0.29, 0.717) is 24.4 Å². The van der Waals surface area contributed by atoms with Crippen LogP contribution in [0.2, 0.25) is 0 Å². The Morgan fingerprint density at radius 2 is 1.77 bits per heavy atom. The number of carbonyl (C=O) groups is 2. The number of ketones is 1. The summed E-state index contributed by atoms with van der Waals surface area (Å²) in [5.74, 6) is -0.743. The lowest BCUT2D eigenvalue weighted by Crippen LogP contribution is -2.40. The van der Waals surface area contributed by atoms with E-state index in [-0.39, 0.29) is 49.2 Å². The van der Waals surface area contributed by atoms with Gasteiger partial charge in [-0.1, -0.05) is 18.2 Å². The van der Waals surface area contributed by atoms with Crippen LogP contribution in [0.3, 0.4) is 0 Å². The van der Waals surface area contributed by atoms with Crippen molar-refractivity contribution in [3.63, 3.8) is 0 Å². The van der Waals surface area contributed by atoms with E-state index < -0.39 is 33.4 Å². The summed E-state index contributed by atoms with van der Waals surface area (Å²) in [6, 6.07) is 8.14. The Bertz CT molecular complexity index is 1420. The number of halogens is 3. The first kappa shape index (κ1) is 28.5. The van der Waals surface area contributed by atoms with Crippen LogP contribution in [0.25, 0.3) is 5.69 Å². The number of amides is 1. The number of nitrogens with one attached hydrogen (secondary N) is 1. The van der Waals surface area contributed by atoms with Gasteiger partial charge in [0.05, 0.1) is 11.3 Å². The number of rotatable bonds is 9. The number of imidazole rings is 1. The second-order valence-corrected chi connectivity index (χ2v) is 11.3. The Morgan fingerprint density at radius 1 is 1.10 bits per heavy atom. The van der Waals surface area contributed by atoms with Crippen LogP contribution >= 0.6 is 0 Å². The number of benzene rings is 1. The molecule has 210 valence electrons. The molecule has 3 heterocycles. The van der Waals surface area contributed by atoms with E-state index in [1.807, 2.05) is 0 Å². The van der Waals surface area contributed by atoms with E-state index in [1.165, 1.54) is 10.5 Å². The third kappa shape index (κ3) is 6.38. The molecule has 1 aromatic carbocycles. The minimum atomic E-state index is -4.82. The molecule has 0 bridgehead atoms. The maximum absolute atomic E-state index is 13.5. The highest BCUT2D eigenvalue weighted by atomic mass is 32.2. The fourth-order valence-corrected chi connectivity index (χ4v) is 5.92. The van der Waals surface area contributed by atoms with Gasteiger partial charge >= 0.3 is 6.18 Å². The average molecular weight is 567 g/mol. The summed E-state index contributed by atoms with van der Waals surface area (Å²) in [6.45, 7) is 2.09. The Labute approximate surface area is 223 Å². The SMILES string of the molecule is Cc1nc(S(=O)(=O)N2CCC(C(=O)CCCNC(=O)c3cn(-c4ccccc4)nc3C(F)(F)F)CC2)cn1C. The van der Waals surface area contributed by atoms with Crippen LogP contribution in [0, 0.1) is 12.8 Å². The normalized spacial score (nSPS) is 15.4. The summed E-state index contributed by atoms with van der Waals surface area (Å²) in [4.78, 5) is 29.3. The zero-order valence-electron chi connectivity index (χ0n) is 21.5. The number of para-hydroxylation sites is 1. The van der Waals surface area contributed by atoms with Crippen LogP contribution in [0.1, 0.15) is 47.6 Å². The first-order valence-corrected chi connectivity index (χ1v) is 13.8. The van der Waals surface area contributed by atoms with Gasteiger partial charge in [0, 0.05) is 51.4 Å². The summed E-state index contributed by atoms with van der Waals surface area (Å²) in [5.41, 5.74) is -1.52. The summed E-state index contributed by atoms with van der Waals surface area (Å²) in [6.07, 6.45) is -1.24. The van der Waals surface area contributed by atoms with E-state index in [0.717, 1.165) is 10.9 Å². The predicted octanol–water partition coefficient (Wildman–Crippen LogP) is 3.11. The molecule has 1 amide bonds. The van der Waals surface area contributed by atoms with E-state index in [1.54, 1.807) is 48.9 Å². The largest absolute Gasteiger partial charge is 0.435 e. The molecule has 3 aromatic rings. The first-order chi connectivity index (χ1) is 18.4.